The molecule has 1 aromatic rings. The Labute approximate surface area is 271 Å². The summed E-state index contributed by atoms with van der Waals surface area (Å²) in [6.45, 7) is 10.3. The molecule has 2 N–H and O–H groups in total. The highest BCUT2D eigenvalue weighted by Crippen LogP contribution is 2.84. The molecule has 12 atom stereocenters. The van der Waals surface area contributed by atoms with E-state index in [1.807, 2.05) is 27.7 Å². The summed E-state index contributed by atoms with van der Waals surface area (Å²) < 4.78 is 35.4. The quantitative estimate of drug-likeness (QED) is 0.323. The van der Waals surface area contributed by atoms with E-state index < -0.39 is 106 Å². The summed E-state index contributed by atoms with van der Waals surface area (Å²) >= 11 is 0. The second-order valence-electron chi connectivity index (χ2n) is 14.9. The topological polar surface area (TPSA) is 181 Å². The molecule has 13 nitrogen and oxygen atoms in total. The molecule has 6 fully saturated rings. The fraction of sp³-hybridized carbons (Fsp3) is 0.676. The van der Waals surface area contributed by atoms with Gasteiger partial charge in [-0.2, -0.15) is 0 Å². The molecule has 6 aliphatic rings. The van der Waals surface area contributed by atoms with Crippen molar-refractivity contribution < 1.29 is 62.6 Å². The van der Waals surface area contributed by atoms with Crippen LogP contribution >= 0.6 is 0 Å². The van der Waals surface area contributed by atoms with Gasteiger partial charge in [0.2, 0.25) is 18.0 Å². The lowest BCUT2D eigenvalue weighted by atomic mass is 9.51. The summed E-state index contributed by atoms with van der Waals surface area (Å²) in [5.74, 6) is -6.21. The molecule has 254 valence electrons. The molecule has 0 radical (unpaired) electrons. The fourth-order valence-corrected chi connectivity index (χ4v) is 10.2. The third-order valence-corrected chi connectivity index (χ3v) is 11.8. The van der Waals surface area contributed by atoms with E-state index in [9.17, 15) is 34.2 Å². The highest BCUT2D eigenvalue weighted by molar-refractivity contribution is 5.96. The van der Waals surface area contributed by atoms with Gasteiger partial charge < -0.3 is 38.6 Å². The minimum atomic E-state index is -2.39. The monoisotopic (exact) mass is 656 g/mol. The van der Waals surface area contributed by atoms with E-state index in [-0.39, 0.29) is 12.0 Å². The molecule has 4 unspecified atom stereocenters. The number of esters is 5. The smallest absolute Gasteiger partial charge is 0.350 e. The molecular weight excluding hydrogens is 616 g/mol. The molecule has 4 saturated heterocycles. The molecule has 7 rings (SSSR count). The minimum absolute atomic E-state index is 0.0517. The normalized spacial score (nSPS) is 43.0. The Kier molecular flexibility index (Phi) is 6.80. The zero-order valence-electron chi connectivity index (χ0n) is 27.1. The first kappa shape index (κ1) is 32.0. The van der Waals surface area contributed by atoms with Crippen molar-refractivity contribution in [1.29, 1.82) is 0 Å². The van der Waals surface area contributed by atoms with Crippen LogP contribution in [0.5, 0.6) is 0 Å². The van der Waals surface area contributed by atoms with Gasteiger partial charge in [-0.3, -0.25) is 9.59 Å². The third-order valence-electron chi connectivity index (χ3n) is 11.8. The summed E-state index contributed by atoms with van der Waals surface area (Å²) in [4.78, 5) is 67.0. The van der Waals surface area contributed by atoms with Crippen molar-refractivity contribution in [2.45, 2.75) is 115 Å². The highest BCUT2D eigenvalue weighted by atomic mass is 16.8. The van der Waals surface area contributed by atoms with Crippen molar-refractivity contribution in [3.05, 3.63) is 35.4 Å². The zero-order valence-corrected chi connectivity index (χ0v) is 27.1. The van der Waals surface area contributed by atoms with Crippen LogP contribution in [-0.2, 0) is 47.6 Å². The molecule has 1 aromatic carbocycles. The van der Waals surface area contributed by atoms with Gasteiger partial charge in [0.15, 0.2) is 11.7 Å². The van der Waals surface area contributed by atoms with Crippen LogP contribution in [0.4, 0.5) is 0 Å². The van der Waals surface area contributed by atoms with Crippen LogP contribution in [0.1, 0.15) is 89.3 Å². The maximum absolute atomic E-state index is 14.2. The minimum Gasteiger partial charge on any atom is -0.459 e. The van der Waals surface area contributed by atoms with Crippen LogP contribution in [0.15, 0.2) is 24.3 Å². The molecule has 0 aromatic heterocycles. The standard InChI is InChI=1S/C34H40O13/c1-7-8-13-19(42-16(3)35)17-11-9-10-12-18(17)26(38)45-24-27(39)46-29-31(24)20(30(4,5)6)14-21-32(31)22(36)23-33(41,15(2)25(37)44-23)34(32,47-29)28(40)43-21/h9-12,15,19-24,29,36,41H,7-8,13-14H2,1-6H3/t15-,19?,20?,21?,22+,23+,24+,29+,31?,32+,33-,34-/m1/s1. The number of hydrogen-bond donors (Lipinski definition) is 2. The van der Waals surface area contributed by atoms with Gasteiger partial charge >= 0.3 is 29.8 Å². The number of unbranched alkanes of at least 4 members (excludes halogenated alkanes) is 1. The molecule has 4 heterocycles. The maximum atomic E-state index is 14.2. The summed E-state index contributed by atoms with van der Waals surface area (Å²) in [5, 5.41) is 24.7. The first-order chi connectivity index (χ1) is 22.1. The van der Waals surface area contributed by atoms with Gasteiger partial charge in [0.05, 0.1) is 22.3 Å². The molecule has 2 saturated carbocycles. The van der Waals surface area contributed by atoms with E-state index in [0.29, 0.717) is 18.4 Å². The lowest BCUT2D eigenvalue weighted by molar-refractivity contribution is -0.239. The first-order valence-corrected chi connectivity index (χ1v) is 16.2. The van der Waals surface area contributed by atoms with Gasteiger partial charge in [-0.05, 0) is 43.6 Å². The fourth-order valence-electron chi connectivity index (χ4n) is 10.2. The number of carbonyl (C=O) groups is 5. The van der Waals surface area contributed by atoms with Crippen molar-refractivity contribution in [1.82, 2.24) is 0 Å². The SMILES string of the molecule is CCCCC(OC(C)=O)c1ccccc1C(=O)O[C@H]1C(=O)O[C@H]2O[C@]34C(=O)OC5CC(C(C)(C)C)C21[C@@]53[C@@H](O)[C@@H]1OC(=O)[C@@H](C)[C@@]14O. The number of rotatable bonds is 7. The number of hydrogen-bond acceptors (Lipinski definition) is 13. The Balaban J connectivity index is 1.39. The molecule has 4 aliphatic heterocycles. The summed E-state index contributed by atoms with van der Waals surface area (Å²) in [6, 6.07) is 6.46. The van der Waals surface area contributed by atoms with E-state index in [1.165, 1.54) is 19.9 Å². The van der Waals surface area contributed by atoms with Crippen molar-refractivity contribution in [2.75, 3.05) is 0 Å². The molecule has 47 heavy (non-hydrogen) atoms. The number of ether oxygens (including phenoxy) is 6. The third kappa shape index (κ3) is 3.47. The average Bonchev–Trinajstić information content (AvgIpc) is 3.73. The number of fused-ring (bicyclic) bond motifs is 1. The number of carbonyl (C=O) groups excluding carboxylic acids is 5. The van der Waals surface area contributed by atoms with E-state index in [0.717, 1.165) is 6.42 Å². The van der Waals surface area contributed by atoms with Crippen LogP contribution in [-0.4, -0.2) is 82.0 Å². The van der Waals surface area contributed by atoms with Crippen molar-refractivity contribution in [2.24, 2.45) is 28.1 Å². The Morgan fingerprint density at radius 1 is 1.09 bits per heavy atom. The van der Waals surface area contributed by atoms with Gasteiger partial charge in [-0.1, -0.05) is 52.3 Å². The Morgan fingerprint density at radius 3 is 2.45 bits per heavy atom. The van der Waals surface area contributed by atoms with E-state index in [1.54, 1.807) is 18.2 Å². The largest absolute Gasteiger partial charge is 0.459 e. The highest BCUT2D eigenvalue weighted by Gasteiger charge is 3.04. The van der Waals surface area contributed by atoms with Crippen molar-refractivity contribution in [3.63, 3.8) is 0 Å². The lowest BCUT2D eigenvalue weighted by Gasteiger charge is -2.48. The number of aliphatic hydroxyl groups is 2. The molecular formula is C34H40O13. The first-order valence-electron chi connectivity index (χ1n) is 16.2. The van der Waals surface area contributed by atoms with Crippen molar-refractivity contribution >= 4 is 29.8 Å². The second kappa shape index (κ2) is 9.99. The second-order valence-corrected chi connectivity index (χ2v) is 14.9. The van der Waals surface area contributed by atoms with Crippen LogP contribution in [0.2, 0.25) is 0 Å². The van der Waals surface area contributed by atoms with E-state index >= 15 is 0 Å². The Hall–Kier alpha value is -3.55. The summed E-state index contributed by atoms with van der Waals surface area (Å²) in [6.07, 6.45) is -6.43. The van der Waals surface area contributed by atoms with Gasteiger partial charge in [-0.15, -0.1) is 0 Å². The van der Waals surface area contributed by atoms with Crippen LogP contribution in [0, 0.1) is 28.1 Å². The van der Waals surface area contributed by atoms with E-state index in [2.05, 4.69) is 0 Å². The number of aliphatic hydroxyl groups excluding tert-OH is 1. The molecule has 2 aliphatic carbocycles. The molecule has 2 spiro atoms. The van der Waals surface area contributed by atoms with Crippen molar-refractivity contribution in [3.8, 4) is 0 Å². The zero-order chi connectivity index (χ0) is 34.1. The van der Waals surface area contributed by atoms with Gasteiger partial charge in [0.1, 0.15) is 18.3 Å². The molecule has 0 bridgehead atoms. The average molecular weight is 657 g/mol. The Bertz CT molecular complexity index is 1580. The maximum Gasteiger partial charge on any atom is 0.350 e. The molecule has 0 amide bonds. The van der Waals surface area contributed by atoms with Crippen LogP contribution < -0.4 is 0 Å². The van der Waals surface area contributed by atoms with Gasteiger partial charge in [0.25, 0.3) is 0 Å². The predicted molar refractivity (Wildman–Crippen MR) is 156 cm³/mol. The lowest BCUT2D eigenvalue weighted by Crippen LogP contribution is -2.67. The summed E-state index contributed by atoms with van der Waals surface area (Å²) in [5.41, 5.74) is -8.67. The summed E-state index contributed by atoms with van der Waals surface area (Å²) in [7, 11) is 0. The van der Waals surface area contributed by atoms with Gasteiger partial charge in [-0.25, -0.2) is 14.4 Å². The van der Waals surface area contributed by atoms with E-state index in [4.69, 9.17) is 28.4 Å². The number of benzene rings is 1. The van der Waals surface area contributed by atoms with Crippen LogP contribution in [0.25, 0.3) is 0 Å². The van der Waals surface area contributed by atoms with Gasteiger partial charge in [0, 0.05) is 12.5 Å². The Morgan fingerprint density at radius 2 is 1.79 bits per heavy atom. The predicted octanol–water partition coefficient (Wildman–Crippen LogP) is 2.29. The van der Waals surface area contributed by atoms with Crippen LogP contribution in [0.3, 0.4) is 0 Å². The molecule has 13 heteroatoms.